The second kappa shape index (κ2) is 13.3. The van der Waals surface area contributed by atoms with Crippen LogP contribution in [0.2, 0.25) is 0 Å². The maximum absolute atomic E-state index is 15.2. The Morgan fingerprint density at radius 3 is 1.77 bits per heavy atom. The van der Waals surface area contributed by atoms with Crippen LogP contribution in [0.5, 0.6) is 23.0 Å². The van der Waals surface area contributed by atoms with Crippen molar-refractivity contribution >= 4 is 23.8 Å². The molecule has 14 heteroatoms. The Hall–Kier alpha value is -4.62. The molecule has 2 amide bonds. The monoisotopic (exact) mass is 620 g/mol. The highest BCUT2D eigenvalue weighted by Crippen LogP contribution is 2.40. The molecule has 2 aliphatic rings. The number of ether oxygens (including phenoxy) is 3. The molecule has 4 rings (SSSR count). The number of carboxylic acids is 2. The summed E-state index contributed by atoms with van der Waals surface area (Å²) in [7, 11) is 1.27. The lowest BCUT2D eigenvalue weighted by Gasteiger charge is -2.16. The first-order valence-electron chi connectivity index (χ1n) is 14.0. The van der Waals surface area contributed by atoms with E-state index in [9.17, 15) is 24.3 Å². The van der Waals surface area contributed by atoms with Crippen molar-refractivity contribution in [3.05, 3.63) is 46.0 Å². The zero-order valence-corrected chi connectivity index (χ0v) is 24.5. The van der Waals surface area contributed by atoms with Gasteiger partial charge in [0.2, 0.25) is 11.8 Å². The van der Waals surface area contributed by atoms with E-state index in [0.717, 1.165) is 0 Å². The van der Waals surface area contributed by atoms with Crippen LogP contribution >= 0.6 is 0 Å². The fourth-order valence-electron chi connectivity index (χ4n) is 5.09. The Balaban J connectivity index is 1.34. The smallest absolute Gasteiger partial charge is 0.306 e. The number of rotatable bonds is 13. The summed E-state index contributed by atoms with van der Waals surface area (Å²) in [6.07, 6.45) is -0.247. The molecule has 0 saturated carbocycles. The fourth-order valence-corrected chi connectivity index (χ4v) is 5.09. The van der Waals surface area contributed by atoms with Gasteiger partial charge in [-0.05, 0) is 23.3 Å². The van der Waals surface area contributed by atoms with Crippen LogP contribution in [0.25, 0.3) is 0 Å². The molecule has 0 fully saturated rings. The lowest BCUT2D eigenvalue weighted by Crippen LogP contribution is -2.28. The molecule has 12 nitrogen and oxygen atoms in total. The number of fused-ring (bicyclic) bond motifs is 2. The Kier molecular flexibility index (Phi) is 9.80. The lowest BCUT2D eigenvalue weighted by atomic mass is 10.1. The molecule has 0 radical (unpaired) electrons. The van der Waals surface area contributed by atoms with Crippen LogP contribution in [0.3, 0.4) is 0 Å². The second-order valence-electron chi connectivity index (χ2n) is 11.0. The van der Waals surface area contributed by atoms with E-state index < -0.39 is 53.0 Å². The number of hydrogen-bond donors (Lipinski definition) is 3. The van der Waals surface area contributed by atoms with Gasteiger partial charge in [0.15, 0.2) is 34.6 Å². The number of aliphatic carboxylic acids is 2. The highest BCUT2D eigenvalue weighted by atomic mass is 19.1. The van der Waals surface area contributed by atoms with Gasteiger partial charge in [0.1, 0.15) is 0 Å². The summed E-state index contributed by atoms with van der Waals surface area (Å²) >= 11 is 0. The number of hydrogen-bond acceptors (Lipinski definition) is 8. The first-order chi connectivity index (χ1) is 20.8. The number of nitrogens with zero attached hydrogens (tertiary/aromatic N) is 2. The third-order valence-corrected chi connectivity index (χ3v) is 7.70. The number of phenolic OH excluding ortho intramolecular Hbond substituents is 1. The summed E-state index contributed by atoms with van der Waals surface area (Å²) in [5.74, 6) is -7.25. The van der Waals surface area contributed by atoms with Crippen molar-refractivity contribution in [3.8, 4) is 23.0 Å². The number of amides is 2. The van der Waals surface area contributed by atoms with Gasteiger partial charge in [-0.1, -0.05) is 13.8 Å². The second-order valence-corrected chi connectivity index (χ2v) is 11.0. The van der Waals surface area contributed by atoms with Crippen molar-refractivity contribution in [2.24, 2.45) is 11.8 Å². The highest BCUT2D eigenvalue weighted by Gasteiger charge is 2.33. The molecule has 2 aliphatic heterocycles. The van der Waals surface area contributed by atoms with Gasteiger partial charge in [-0.25, -0.2) is 8.78 Å². The van der Waals surface area contributed by atoms with Gasteiger partial charge >= 0.3 is 11.9 Å². The molecular formula is C30H34F2N2O10. The summed E-state index contributed by atoms with van der Waals surface area (Å²) in [6.45, 7) is 2.76. The van der Waals surface area contributed by atoms with Crippen molar-refractivity contribution in [1.82, 2.24) is 9.80 Å². The molecule has 0 saturated heterocycles. The topological polar surface area (TPSA) is 163 Å². The number of aromatic hydroxyl groups is 1. The molecule has 2 heterocycles. The summed E-state index contributed by atoms with van der Waals surface area (Å²) in [5.41, 5.74) is 1.33. The number of phenols is 1. The predicted molar refractivity (Wildman–Crippen MR) is 148 cm³/mol. The average Bonchev–Trinajstić information content (AvgIpc) is 3.59. The normalized spacial score (nSPS) is 14.9. The molecular weight excluding hydrogens is 586 g/mol. The molecule has 0 bridgehead atoms. The van der Waals surface area contributed by atoms with Gasteiger partial charge in [-0.15, -0.1) is 0 Å². The molecule has 44 heavy (non-hydrogen) atoms. The minimum Gasteiger partial charge on any atom is -0.504 e. The third-order valence-electron chi connectivity index (χ3n) is 7.70. The molecule has 2 aromatic rings. The molecule has 3 N–H and O–H groups in total. The van der Waals surface area contributed by atoms with E-state index in [0.29, 0.717) is 11.1 Å². The summed E-state index contributed by atoms with van der Waals surface area (Å²) < 4.78 is 46.9. The average molecular weight is 621 g/mol. The van der Waals surface area contributed by atoms with Gasteiger partial charge < -0.3 is 39.3 Å². The molecule has 238 valence electrons. The Morgan fingerprint density at radius 1 is 0.795 bits per heavy atom. The summed E-state index contributed by atoms with van der Waals surface area (Å²) in [4.78, 5) is 49.9. The van der Waals surface area contributed by atoms with Crippen molar-refractivity contribution in [1.29, 1.82) is 0 Å². The molecule has 0 aliphatic carbocycles. The zero-order valence-electron chi connectivity index (χ0n) is 24.5. The number of methoxy groups -OCH3 is 1. The number of carboxylic acid groups (broad SMARTS) is 2. The van der Waals surface area contributed by atoms with E-state index in [2.05, 4.69) is 0 Å². The van der Waals surface area contributed by atoms with Crippen LogP contribution < -0.4 is 14.2 Å². The molecule has 0 aromatic heterocycles. The standard InChI is InChI=1S/C30H34F2N2O10/c1-15(29(38)39)7-23(36)33-11-17-9-21(35)27(25(31)19(17)13-33)44-6-4-5-43-22-10-18-12-34(24(37)8-16(2)30(40)41)14-20(18)26(32)28(22)42-3/h9-10,15-16,35H,4-8,11-14H2,1-3H3,(H,38,39)(H,40,41). The van der Waals surface area contributed by atoms with Crippen molar-refractivity contribution in [2.75, 3.05) is 20.3 Å². The Labute approximate surface area is 251 Å². The number of halogens is 2. The van der Waals surface area contributed by atoms with Gasteiger partial charge in [0, 0.05) is 56.6 Å². The first-order valence-corrected chi connectivity index (χ1v) is 14.0. The van der Waals surface area contributed by atoms with E-state index >= 15 is 8.78 Å². The van der Waals surface area contributed by atoms with E-state index in [1.165, 1.54) is 36.8 Å². The first kappa shape index (κ1) is 32.3. The predicted octanol–water partition coefficient (Wildman–Crippen LogP) is 3.43. The van der Waals surface area contributed by atoms with Gasteiger partial charge in [-0.3, -0.25) is 19.2 Å². The van der Waals surface area contributed by atoms with Crippen LogP contribution in [-0.4, -0.2) is 69.2 Å². The Morgan fingerprint density at radius 2 is 1.27 bits per heavy atom. The quantitative estimate of drug-likeness (QED) is 0.283. The maximum Gasteiger partial charge on any atom is 0.306 e. The van der Waals surface area contributed by atoms with Gasteiger partial charge in [0.25, 0.3) is 0 Å². The molecule has 2 aromatic carbocycles. The number of benzene rings is 2. The van der Waals surface area contributed by atoms with Crippen LogP contribution in [0.1, 0.15) is 55.4 Å². The van der Waals surface area contributed by atoms with Crippen LogP contribution in [-0.2, 0) is 45.4 Å². The minimum atomic E-state index is -1.11. The maximum atomic E-state index is 15.2. The van der Waals surface area contributed by atoms with Crippen molar-refractivity contribution in [2.45, 2.75) is 59.3 Å². The zero-order chi connectivity index (χ0) is 32.3. The summed E-state index contributed by atoms with van der Waals surface area (Å²) in [6, 6.07) is 2.87. The van der Waals surface area contributed by atoms with Crippen LogP contribution in [0, 0.1) is 23.5 Å². The number of carbonyl (C=O) groups is 4. The van der Waals surface area contributed by atoms with E-state index in [-0.39, 0.29) is 87.0 Å². The van der Waals surface area contributed by atoms with Crippen LogP contribution in [0.4, 0.5) is 8.78 Å². The number of carbonyl (C=O) groups excluding carboxylic acids is 2. The molecule has 2 atom stereocenters. The van der Waals surface area contributed by atoms with E-state index in [4.69, 9.17) is 24.4 Å². The van der Waals surface area contributed by atoms with Crippen molar-refractivity contribution in [3.63, 3.8) is 0 Å². The van der Waals surface area contributed by atoms with E-state index in [1.54, 1.807) is 6.07 Å². The largest absolute Gasteiger partial charge is 0.504 e. The van der Waals surface area contributed by atoms with Gasteiger partial charge in [0.05, 0.1) is 32.2 Å². The Bertz CT molecular complexity index is 1480. The third kappa shape index (κ3) is 6.79. The molecule has 0 spiro atoms. The van der Waals surface area contributed by atoms with Crippen LogP contribution in [0.15, 0.2) is 12.1 Å². The summed E-state index contributed by atoms with van der Waals surface area (Å²) in [5, 5.41) is 28.5. The fraction of sp³-hybridized carbons (Fsp3) is 0.467. The van der Waals surface area contributed by atoms with E-state index in [1.807, 2.05) is 0 Å². The SMILES string of the molecule is COc1c(OCCCOc2c(O)cc3c(c2F)CN(C(=O)CC(C)C(=O)O)C3)cc2c(c1F)CN(C(=O)CC(C)C(=O)O)C2. The minimum absolute atomic E-state index is 0.00468. The van der Waals surface area contributed by atoms with Gasteiger partial charge in [-0.2, -0.15) is 0 Å². The lowest BCUT2D eigenvalue weighted by molar-refractivity contribution is -0.145. The highest BCUT2D eigenvalue weighted by molar-refractivity contribution is 5.83. The van der Waals surface area contributed by atoms with Crippen molar-refractivity contribution < 1.29 is 57.5 Å². The molecule has 2 unspecified atom stereocenters.